The number of nitrogens with one attached hydrogen (secondary N) is 2. The molecular weight excluding hydrogens is 340 g/mol. The van der Waals surface area contributed by atoms with E-state index in [0.29, 0.717) is 11.7 Å². The predicted molar refractivity (Wildman–Crippen MR) is 96.1 cm³/mol. The fourth-order valence-corrected chi connectivity index (χ4v) is 3.26. The van der Waals surface area contributed by atoms with Crippen LogP contribution in [0.3, 0.4) is 0 Å². The number of carbonyl (C=O) groups excluding carboxylic acids is 1. The smallest absolute Gasteiger partial charge is 0.217 e. The minimum absolute atomic E-state index is 0.0413. The second-order valence-electron chi connectivity index (χ2n) is 6.53. The lowest BCUT2D eigenvalue weighted by Crippen LogP contribution is -2.33. The van der Waals surface area contributed by atoms with Gasteiger partial charge in [-0.3, -0.25) is 14.4 Å². The molecule has 0 bridgehead atoms. The minimum Gasteiger partial charge on any atom is -0.351 e. The van der Waals surface area contributed by atoms with Crippen LogP contribution in [0.2, 0.25) is 5.15 Å². The van der Waals surface area contributed by atoms with Crippen molar-refractivity contribution in [3.8, 4) is 0 Å². The molecule has 2 aromatic rings. The van der Waals surface area contributed by atoms with Gasteiger partial charge < -0.3 is 10.3 Å². The molecule has 1 amide bonds. The van der Waals surface area contributed by atoms with Crippen LogP contribution in [0.4, 0.5) is 0 Å². The number of nitrogens with zero attached hydrogens (tertiary/aromatic N) is 4. The molecule has 0 aliphatic carbocycles. The number of unbranched alkanes of at least 4 members (excludes halogenated alkanes) is 1. The molecule has 1 aliphatic heterocycles. The van der Waals surface area contributed by atoms with Crippen molar-refractivity contribution >= 4 is 17.5 Å². The molecule has 136 valence electrons. The van der Waals surface area contributed by atoms with Crippen LogP contribution in [0.15, 0.2) is 6.07 Å². The quantitative estimate of drug-likeness (QED) is 0.789. The van der Waals surface area contributed by atoms with Crippen molar-refractivity contribution in [1.29, 1.82) is 0 Å². The molecule has 0 radical (unpaired) electrons. The highest BCUT2D eigenvalue weighted by Crippen LogP contribution is 2.20. The number of carbonyl (C=O) groups is 1. The molecule has 0 saturated heterocycles. The van der Waals surface area contributed by atoms with E-state index in [1.54, 1.807) is 0 Å². The SMILES string of the molecule is CCCCc1nc(Cl)c(CN2CCn3nc(CNC(C)=O)cc3C2)[nH]1. The van der Waals surface area contributed by atoms with E-state index in [4.69, 9.17) is 11.6 Å². The van der Waals surface area contributed by atoms with Gasteiger partial charge in [0.25, 0.3) is 0 Å². The van der Waals surface area contributed by atoms with Crippen LogP contribution >= 0.6 is 11.6 Å². The number of amides is 1. The summed E-state index contributed by atoms with van der Waals surface area (Å²) in [6, 6.07) is 2.06. The van der Waals surface area contributed by atoms with Crippen molar-refractivity contribution in [2.75, 3.05) is 6.54 Å². The average molecular weight is 365 g/mol. The molecule has 3 rings (SSSR count). The summed E-state index contributed by atoms with van der Waals surface area (Å²) in [4.78, 5) is 21.2. The van der Waals surface area contributed by atoms with Gasteiger partial charge in [-0.2, -0.15) is 5.10 Å². The molecule has 1 aliphatic rings. The summed E-state index contributed by atoms with van der Waals surface area (Å²) in [5.41, 5.74) is 3.04. The zero-order chi connectivity index (χ0) is 17.8. The number of rotatable bonds is 7. The molecule has 7 nitrogen and oxygen atoms in total. The third kappa shape index (κ3) is 4.61. The third-order valence-corrected chi connectivity index (χ3v) is 4.68. The monoisotopic (exact) mass is 364 g/mol. The van der Waals surface area contributed by atoms with E-state index in [2.05, 4.69) is 38.3 Å². The lowest BCUT2D eigenvalue weighted by molar-refractivity contribution is -0.119. The van der Waals surface area contributed by atoms with E-state index >= 15 is 0 Å². The Bertz CT molecular complexity index is 738. The van der Waals surface area contributed by atoms with Gasteiger partial charge in [0.15, 0.2) is 5.15 Å². The summed E-state index contributed by atoms with van der Waals surface area (Å²) in [6.45, 7) is 7.47. The lowest BCUT2D eigenvalue weighted by Gasteiger charge is -2.27. The van der Waals surface area contributed by atoms with E-state index in [1.807, 2.05) is 4.68 Å². The first kappa shape index (κ1) is 17.9. The Morgan fingerprint density at radius 2 is 2.28 bits per heavy atom. The molecule has 3 heterocycles. The van der Waals surface area contributed by atoms with Crippen molar-refractivity contribution < 1.29 is 4.79 Å². The highest BCUT2D eigenvalue weighted by molar-refractivity contribution is 6.30. The fraction of sp³-hybridized carbons (Fsp3) is 0.588. The maximum Gasteiger partial charge on any atom is 0.217 e. The minimum atomic E-state index is -0.0413. The van der Waals surface area contributed by atoms with Gasteiger partial charge in [0.2, 0.25) is 5.91 Å². The summed E-state index contributed by atoms with van der Waals surface area (Å²) >= 11 is 6.29. The number of imidazole rings is 1. The van der Waals surface area contributed by atoms with Crippen molar-refractivity contribution in [3.63, 3.8) is 0 Å². The van der Waals surface area contributed by atoms with Crippen LogP contribution in [-0.2, 0) is 37.4 Å². The molecule has 0 fully saturated rings. The fourth-order valence-electron chi connectivity index (χ4n) is 3.05. The van der Waals surface area contributed by atoms with E-state index in [0.717, 1.165) is 68.3 Å². The largest absolute Gasteiger partial charge is 0.351 e. The molecule has 0 aromatic carbocycles. The Balaban J connectivity index is 1.61. The van der Waals surface area contributed by atoms with Crippen LogP contribution < -0.4 is 5.32 Å². The number of hydrogen-bond acceptors (Lipinski definition) is 4. The molecular formula is C17H25ClN6O. The molecule has 25 heavy (non-hydrogen) atoms. The maximum atomic E-state index is 11.0. The highest BCUT2D eigenvalue weighted by Gasteiger charge is 2.20. The van der Waals surface area contributed by atoms with Gasteiger partial charge in [-0.05, 0) is 12.5 Å². The number of halogens is 1. The number of aromatic nitrogens is 4. The Morgan fingerprint density at radius 3 is 3.04 bits per heavy atom. The summed E-state index contributed by atoms with van der Waals surface area (Å²) in [5.74, 6) is 0.932. The first-order chi connectivity index (χ1) is 12.0. The van der Waals surface area contributed by atoms with Crippen molar-refractivity contribution in [2.24, 2.45) is 0 Å². The van der Waals surface area contributed by atoms with Crippen LogP contribution in [-0.4, -0.2) is 37.1 Å². The van der Waals surface area contributed by atoms with Gasteiger partial charge >= 0.3 is 0 Å². The van der Waals surface area contributed by atoms with Gasteiger partial charge in [0, 0.05) is 33.0 Å². The van der Waals surface area contributed by atoms with Crippen LogP contribution in [0.25, 0.3) is 0 Å². The molecule has 0 unspecified atom stereocenters. The Morgan fingerprint density at radius 1 is 1.44 bits per heavy atom. The summed E-state index contributed by atoms with van der Waals surface area (Å²) in [6.07, 6.45) is 3.20. The lowest BCUT2D eigenvalue weighted by atomic mass is 10.2. The zero-order valence-corrected chi connectivity index (χ0v) is 15.6. The van der Waals surface area contributed by atoms with Gasteiger partial charge in [0.1, 0.15) is 5.82 Å². The highest BCUT2D eigenvalue weighted by atomic mass is 35.5. The van der Waals surface area contributed by atoms with Gasteiger partial charge in [0.05, 0.1) is 30.2 Å². The molecule has 8 heteroatoms. The molecule has 0 atom stereocenters. The van der Waals surface area contributed by atoms with Crippen LogP contribution in [0, 0.1) is 0 Å². The second kappa shape index (κ2) is 8.01. The van der Waals surface area contributed by atoms with E-state index in [-0.39, 0.29) is 5.91 Å². The average Bonchev–Trinajstić information content (AvgIpc) is 3.14. The van der Waals surface area contributed by atoms with Crippen LogP contribution in [0.5, 0.6) is 0 Å². The van der Waals surface area contributed by atoms with Gasteiger partial charge in [-0.15, -0.1) is 0 Å². The molecule has 0 spiro atoms. The zero-order valence-electron chi connectivity index (χ0n) is 14.8. The van der Waals surface area contributed by atoms with Crippen molar-refractivity contribution in [1.82, 2.24) is 30.0 Å². The summed E-state index contributed by atoms with van der Waals surface area (Å²) in [5, 5.41) is 7.92. The number of hydrogen-bond donors (Lipinski definition) is 2. The normalized spacial score (nSPS) is 14.5. The first-order valence-corrected chi connectivity index (χ1v) is 9.18. The maximum absolute atomic E-state index is 11.0. The molecule has 0 saturated carbocycles. The summed E-state index contributed by atoms with van der Waals surface area (Å²) < 4.78 is 2.02. The van der Waals surface area contributed by atoms with Crippen LogP contribution in [0.1, 0.15) is 49.6 Å². The number of fused-ring (bicyclic) bond motifs is 1. The van der Waals surface area contributed by atoms with Crippen molar-refractivity contribution in [2.45, 2.75) is 59.3 Å². The third-order valence-electron chi connectivity index (χ3n) is 4.37. The first-order valence-electron chi connectivity index (χ1n) is 8.80. The Hall–Kier alpha value is -1.86. The number of aromatic amines is 1. The number of aryl methyl sites for hydroxylation is 1. The van der Waals surface area contributed by atoms with E-state index in [9.17, 15) is 4.79 Å². The topological polar surface area (TPSA) is 78.8 Å². The van der Waals surface area contributed by atoms with Gasteiger partial charge in [-0.1, -0.05) is 24.9 Å². The standard InChI is InChI=1S/C17H25ClN6O/c1-3-4-5-16-20-15(17(18)21-16)11-23-6-7-24-14(10-23)8-13(22-24)9-19-12(2)25/h8H,3-7,9-11H2,1-2H3,(H,19,25)(H,20,21). The van der Waals surface area contributed by atoms with E-state index < -0.39 is 0 Å². The summed E-state index contributed by atoms with van der Waals surface area (Å²) in [7, 11) is 0. The molecule has 2 N–H and O–H groups in total. The van der Waals surface area contributed by atoms with E-state index in [1.165, 1.54) is 6.92 Å². The Kier molecular flexibility index (Phi) is 5.75. The number of H-pyrrole nitrogens is 1. The van der Waals surface area contributed by atoms with Crippen molar-refractivity contribution in [3.05, 3.63) is 34.1 Å². The molecule has 2 aromatic heterocycles. The Labute approximate surface area is 152 Å². The van der Waals surface area contributed by atoms with Gasteiger partial charge in [-0.25, -0.2) is 4.98 Å². The second-order valence-corrected chi connectivity index (χ2v) is 6.88. The predicted octanol–water partition coefficient (Wildman–Crippen LogP) is 2.25.